The van der Waals surface area contributed by atoms with E-state index in [0.717, 1.165) is 10.8 Å². The zero-order valence-corrected chi connectivity index (χ0v) is 16.2. The van der Waals surface area contributed by atoms with Crippen molar-refractivity contribution in [1.82, 2.24) is 14.0 Å². The molecular weight excluding hydrogens is 354 g/mol. The number of benzene rings is 2. The topological polar surface area (TPSA) is 67.5 Å². The van der Waals surface area contributed by atoms with Gasteiger partial charge in [-0.1, -0.05) is 57.2 Å². The van der Waals surface area contributed by atoms with E-state index in [1.807, 2.05) is 68.1 Å². The maximum Gasteiger partial charge on any atom is 0.336 e. The van der Waals surface area contributed by atoms with Crippen molar-refractivity contribution in [2.24, 2.45) is 5.41 Å². The van der Waals surface area contributed by atoms with Gasteiger partial charge >= 0.3 is 5.69 Å². The molecule has 6 heteroatoms. The first-order valence-electron chi connectivity index (χ1n) is 9.64. The summed E-state index contributed by atoms with van der Waals surface area (Å²) in [6.07, 6.45) is 0.691. The number of amides is 1. The molecule has 1 amide bonds. The van der Waals surface area contributed by atoms with Crippen LogP contribution in [0.5, 0.6) is 5.88 Å². The second-order valence-electron chi connectivity index (χ2n) is 8.81. The van der Waals surface area contributed by atoms with Crippen LogP contribution in [-0.4, -0.2) is 31.6 Å². The highest BCUT2D eigenvalue weighted by atomic mass is 16.3. The molecule has 1 N–H and O–H groups in total. The Hall–Kier alpha value is -3.02. The summed E-state index contributed by atoms with van der Waals surface area (Å²) in [6.45, 7) is 6.22. The standard InChI is InChI=1S/C22H23N3O3/c1-22(2,3)20(27)23-12-14-11-17(23)18-19(26)25(21(28)24(14)18)16-10-6-8-13-7-4-5-9-15(13)16/h4-10,14,17,26H,11-12H2,1-3H3/t14-,17?/m1/s1. The van der Waals surface area contributed by atoms with Crippen LogP contribution in [0.1, 0.15) is 45.0 Å². The molecule has 5 rings (SSSR count). The quantitative estimate of drug-likeness (QED) is 0.707. The van der Waals surface area contributed by atoms with E-state index in [4.69, 9.17) is 0 Å². The third-order valence-electron chi connectivity index (χ3n) is 5.97. The van der Waals surface area contributed by atoms with Crippen LogP contribution < -0.4 is 5.69 Å². The van der Waals surface area contributed by atoms with Gasteiger partial charge in [0.05, 0.1) is 17.8 Å². The molecule has 3 heterocycles. The number of imidazole rings is 1. The SMILES string of the molecule is CC(C)(C)C(=O)N1C[C@H]2CC1c1c(O)n(-c3cccc4ccccc34)c(=O)n12. The van der Waals surface area contributed by atoms with E-state index < -0.39 is 5.41 Å². The van der Waals surface area contributed by atoms with Gasteiger partial charge in [-0.05, 0) is 17.9 Å². The average Bonchev–Trinajstić information content (AvgIpc) is 3.31. The molecule has 1 saturated heterocycles. The summed E-state index contributed by atoms with van der Waals surface area (Å²) in [7, 11) is 0. The fourth-order valence-corrected chi connectivity index (χ4v) is 4.72. The Morgan fingerprint density at radius 1 is 1.11 bits per heavy atom. The molecule has 6 nitrogen and oxygen atoms in total. The largest absolute Gasteiger partial charge is 0.493 e. The van der Waals surface area contributed by atoms with Crippen LogP contribution >= 0.6 is 0 Å². The molecule has 3 aromatic rings. The van der Waals surface area contributed by atoms with Crippen molar-refractivity contribution in [3.63, 3.8) is 0 Å². The van der Waals surface area contributed by atoms with Crippen LogP contribution in [0.2, 0.25) is 0 Å². The minimum absolute atomic E-state index is 0.0519. The molecule has 0 saturated carbocycles. The van der Waals surface area contributed by atoms with Crippen LogP contribution in [0.25, 0.3) is 16.5 Å². The van der Waals surface area contributed by atoms with E-state index in [1.54, 1.807) is 4.57 Å². The lowest BCUT2D eigenvalue weighted by molar-refractivity contribution is -0.141. The van der Waals surface area contributed by atoms with Gasteiger partial charge in [0, 0.05) is 17.3 Å². The summed E-state index contributed by atoms with van der Waals surface area (Å²) >= 11 is 0. The Labute approximate surface area is 162 Å². The maximum atomic E-state index is 13.3. The summed E-state index contributed by atoms with van der Waals surface area (Å²) in [5.74, 6) is -0.00345. The molecule has 2 aromatic carbocycles. The first-order valence-corrected chi connectivity index (χ1v) is 9.64. The normalized spacial score (nSPS) is 20.8. The Bertz CT molecular complexity index is 1180. The molecule has 1 aromatic heterocycles. The number of aromatic nitrogens is 2. The van der Waals surface area contributed by atoms with Crippen molar-refractivity contribution in [3.05, 3.63) is 58.6 Å². The van der Waals surface area contributed by atoms with Gasteiger partial charge in [-0.25, -0.2) is 9.36 Å². The van der Waals surface area contributed by atoms with Crippen LogP contribution in [0.3, 0.4) is 0 Å². The van der Waals surface area contributed by atoms with E-state index in [-0.39, 0.29) is 29.6 Å². The highest BCUT2D eigenvalue weighted by Crippen LogP contribution is 2.49. The number of carbonyl (C=O) groups excluding carboxylic acids is 1. The zero-order chi connectivity index (χ0) is 19.8. The summed E-state index contributed by atoms with van der Waals surface area (Å²) in [6, 6.07) is 13.2. The number of rotatable bonds is 1. The van der Waals surface area contributed by atoms with Crippen LogP contribution in [0, 0.1) is 5.41 Å². The first-order chi connectivity index (χ1) is 13.3. The van der Waals surface area contributed by atoms with Crippen molar-refractivity contribution in [2.75, 3.05) is 6.54 Å². The Balaban J connectivity index is 1.69. The van der Waals surface area contributed by atoms with Gasteiger partial charge in [0.15, 0.2) is 0 Å². The third kappa shape index (κ3) is 2.14. The fourth-order valence-electron chi connectivity index (χ4n) is 4.72. The van der Waals surface area contributed by atoms with Crippen molar-refractivity contribution >= 4 is 16.7 Å². The second kappa shape index (κ2) is 5.50. The molecule has 0 aliphatic carbocycles. The average molecular weight is 377 g/mol. The lowest BCUT2D eigenvalue weighted by Crippen LogP contribution is -2.43. The highest BCUT2D eigenvalue weighted by molar-refractivity contribution is 5.90. The monoisotopic (exact) mass is 377 g/mol. The molecule has 144 valence electrons. The number of likely N-dealkylation sites (tertiary alicyclic amines) is 1. The number of carbonyl (C=O) groups is 1. The van der Waals surface area contributed by atoms with E-state index in [2.05, 4.69) is 0 Å². The van der Waals surface area contributed by atoms with Gasteiger partial charge in [-0.3, -0.25) is 9.36 Å². The maximum absolute atomic E-state index is 13.3. The second-order valence-corrected chi connectivity index (χ2v) is 8.81. The van der Waals surface area contributed by atoms with Gasteiger partial charge < -0.3 is 10.0 Å². The van der Waals surface area contributed by atoms with Crippen molar-refractivity contribution in [2.45, 2.75) is 39.3 Å². The van der Waals surface area contributed by atoms with Gasteiger partial charge in [-0.15, -0.1) is 0 Å². The fraction of sp³-hybridized carbons (Fsp3) is 0.364. The van der Waals surface area contributed by atoms with Crippen LogP contribution in [-0.2, 0) is 4.79 Å². The minimum Gasteiger partial charge on any atom is -0.493 e. The zero-order valence-electron chi connectivity index (χ0n) is 16.2. The Morgan fingerprint density at radius 3 is 2.57 bits per heavy atom. The van der Waals surface area contributed by atoms with E-state index in [0.29, 0.717) is 24.3 Å². The molecular formula is C22H23N3O3. The van der Waals surface area contributed by atoms with Gasteiger partial charge in [-0.2, -0.15) is 0 Å². The minimum atomic E-state index is -0.497. The Morgan fingerprint density at radius 2 is 1.82 bits per heavy atom. The lowest BCUT2D eigenvalue weighted by atomic mass is 9.94. The predicted molar refractivity (Wildman–Crippen MR) is 107 cm³/mol. The molecule has 1 fully saturated rings. The molecule has 0 spiro atoms. The predicted octanol–water partition coefficient (Wildman–Crippen LogP) is 3.37. The molecule has 1 unspecified atom stereocenters. The number of nitrogens with zero attached hydrogens (tertiary/aromatic N) is 3. The summed E-state index contributed by atoms with van der Waals surface area (Å²) < 4.78 is 3.08. The smallest absolute Gasteiger partial charge is 0.336 e. The first kappa shape index (κ1) is 17.1. The molecule has 2 atom stereocenters. The third-order valence-corrected chi connectivity index (χ3v) is 5.97. The van der Waals surface area contributed by atoms with Crippen LogP contribution in [0.15, 0.2) is 47.3 Å². The van der Waals surface area contributed by atoms with Gasteiger partial charge in [0.25, 0.3) is 0 Å². The van der Waals surface area contributed by atoms with Crippen molar-refractivity contribution in [1.29, 1.82) is 0 Å². The number of fused-ring (bicyclic) bond motifs is 6. The van der Waals surface area contributed by atoms with E-state index in [9.17, 15) is 14.7 Å². The highest BCUT2D eigenvalue weighted by Gasteiger charge is 2.50. The molecule has 2 aliphatic heterocycles. The molecule has 0 radical (unpaired) electrons. The van der Waals surface area contributed by atoms with Gasteiger partial charge in [0.2, 0.25) is 11.8 Å². The number of hydrogen-bond acceptors (Lipinski definition) is 3. The molecule has 2 aliphatic rings. The number of aromatic hydroxyl groups is 1. The molecule has 2 bridgehead atoms. The van der Waals surface area contributed by atoms with Gasteiger partial charge in [0.1, 0.15) is 5.69 Å². The summed E-state index contributed by atoms with van der Waals surface area (Å²) in [4.78, 5) is 27.9. The van der Waals surface area contributed by atoms with E-state index in [1.165, 1.54) is 4.57 Å². The van der Waals surface area contributed by atoms with Crippen LogP contribution in [0.4, 0.5) is 0 Å². The summed E-state index contributed by atoms with van der Waals surface area (Å²) in [5.41, 5.74) is 0.491. The van der Waals surface area contributed by atoms with Crippen molar-refractivity contribution in [3.8, 4) is 11.6 Å². The van der Waals surface area contributed by atoms with E-state index >= 15 is 0 Å². The molecule has 28 heavy (non-hydrogen) atoms. The Kier molecular flexibility index (Phi) is 3.36. The van der Waals surface area contributed by atoms with Crippen molar-refractivity contribution < 1.29 is 9.90 Å². The lowest BCUT2D eigenvalue weighted by Gasteiger charge is -2.32. The number of hydrogen-bond donors (Lipinski definition) is 1. The summed E-state index contributed by atoms with van der Waals surface area (Å²) in [5, 5.41) is 13.0.